The van der Waals surface area contributed by atoms with E-state index < -0.39 is 0 Å². The normalized spacial score (nSPS) is 15.5. The van der Waals surface area contributed by atoms with Gasteiger partial charge in [0, 0.05) is 12.1 Å². The molecule has 0 aromatic carbocycles. The highest BCUT2D eigenvalue weighted by molar-refractivity contribution is 5.74. The fourth-order valence-electron chi connectivity index (χ4n) is 2.49. The fourth-order valence-corrected chi connectivity index (χ4v) is 2.49. The van der Waals surface area contributed by atoms with E-state index in [1.165, 1.54) is 37.7 Å². The van der Waals surface area contributed by atoms with Gasteiger partial charge >= 0.3 is 0 Å². The second-order valence-electron chi connectivity index (χ2n) is 5.14. The zero-order chi connectivity index (χ0) is 13.2. The van der Waals surface area contributed by atoms with Crippen molar-refractivity contribution in [3.8, 4) is 0 Å². The quantitative estimate of drug-likeness (QED) is 0.371. The first kappa shape index (κ1) is 15.0. The number of amides is 1. The summed E-state index contributed by atoms with van der Waals surface area (Å²) >= 11 is 0. The molecule has 0 aromatic heterocycles. The average Bonchev–Trinajstić information content (AvgIpc) is 2.43. The molecule has 0 bridgehead atoms. The van der Waals surface area contributed by atoms with Gasteiger partial charge in [-0.15, -0.1) is 0 Å². The van der Waals surface area contributed by atoms with Crippen molar-refractivity contribution in [3.05, 3.63) is 11.3 Å². The Morgan fingerprint density at radius 1 is 1.06 bits per heavy atom. The molecule has 0 aliphatic heterocycles. The molecule has 0 spiro atoms. The molecule has 0 heterocycles. The molecule has 1 amide bonds. The van der Waals surface area contributed by atoms with Gasteiger partial charge in [0.2, 0.25) is 5.91 Å². The molecule has 1 aliphatic rings. The van der Waals surface area contributed by atoms with E-state index in [1.54, 1.807) is 5.48 Å². The Morgan fingerprint density at radius 3 is 2.28 bits per heavy atom. The van der Waals surface area contributed by atoms with Crippen LogP contribution in [0.15, 0.2) is 11.3 Å². The number of allylic oxidation sites excluding steroid dienone is 2. The van der Waals surface area contributed by atoms with E-state index in [9.17, 15) is 4.79 Å². The molecule has 0 atom stereocenters. The Bertz CT molecular complexity index is 280. The maximum atomic E-state index is 10.8. The summed E-state index contributed by atoms with van der Waals surface area (Å²) in [5.74, 6) is -0.293. The van der Waals surface area contributed by atoms with Gasteiger partial charge < -0.3 is 5.73 Å². The van der Waals surface area contributed by atoms with E-state index in [2.05, 4.69) is 0 Å². The van der Waals surface area contributed by atoms with Gasteiger partial charge in [-0.3, -0.25) is 10.0 Å². The second kappa shape index (κ2) is 8.97. The summed E-state index contributed by atoms with van der Waals surface area (Å²) in [5, 5.41) is 8.33. The first-order valence-corrected chi connectivity index (χ1v) is 7.13. The van der Waals surface area contributed by atoms with Crippen LogP contribution in [0.5, 0.6) is 0 Å². The first-order chi connectivity index (χ1) is 8.74. The second-order valence-corrected chi connectivity index (χ2v) is 5.14. The van der Waals surface area contributed by atoms with Gasteiger partial charge in [-0.25, -0.2) is 5.48 Å². The van der Waals surface area contributed by atoms with E-state index in [0.29, 0.717) is 6.42 Å². The number of hydrogen-bond donors (Lipinski definition) is 3. The summed E-state index contributed by atoms with van der Waals surface area (Å²) in [6, 6.07) is 0. The minimum absolute atomic E-state index is 0.293. The van der Waals surface area contributed by atoms with Gasteiger partial charge in [-0.2, -0.15) is 0 Å². The SMILES string of the molecule is NC(CCCCCCC(=O)NO)=C1CCCCC1. The third kappa shape index (κ3) is 6.05. The summed E-state index contributed by atoms with van der Waals surface area (Å²) in [6.07, 6.45) is 11.8. The van der Waals surface area contributed by atoms with E-state index in [1.807, 2.05) is 0 Å². The molecule has 0 unspecified atom stereocenters. The lowest BCUT2D eigenvalue weighted by Gasteiger charge is -2.16. The van der Waals surface area contributed by atoms with Crippen LogP contribution in [0.25, 0.3) is 0 Å². The molecule has 4 N–H and O–H groups in total. The van der Waals surface area contributed by atoms with Crippen LogP contribution in [-0.4, -0.2) is 11.1 Å². The third-order valence-corrected chi connectivity index (χ3v) is 3.64. The van der Waals surface area contributed by atoms with Crippen LogP contribution in [0.2, 0.25) is 0 Å². The summed E-state index contributed by atoms with van der Waals surface area (Å²) in [5.41, 5.74) is 10.4. The first-order valence-electron chi connectivity index (χ1n) is 7.13. The molecule has 4 heteroatoms. The lowest BCUT2D eigenvalue weighted by molar-refractivity contribution is -0.129. The minimum Gasteiger partial charge on any atom is -0.402 e. The van der Waals surface area contributed by atoms with Crippen molar-refractivity contribution in [2.75, 3.05) is 0 Å². The van der Waals surface area contributed by atoms with E-state index in [4.69, 9.17) is 10.9 Å². The molecule has 1 aliphatic carbocycles. The molecule has 18 heavy (non-hydrogen) atoms. The topological polar surface area (TPSA) is 75.4 Å². The summed E-state index contributed by atoms with van der Waals surface area (Å²) in [7, 11) is 0. The number of hydroxylamine groups is 1. The zero-order valence-electron chi connectivity index (χ0n) is 11.2. The summed E-state index contributed by atoms with van der Waals surface area (Å²) < 4.78 is 0. The molecule has 4 nitrogen and oxygen atoms in total. The Labute approximate surface area is 110 Å². The van der Waals surface area contributed by atoms with Gasteiger partial charge in [0.25, 0.3) is 0 Å². The Morgan fingerprint density at radius 2 is 1.67 bits per heavy atom. The number of hydrogen-bond acceptors (Lipinski definition) is 3. The van der Waals surface area contributed by atoms with Gasteiger partial charge in [0.1, 0.15) is 0 Å². The minimum atomic E-state index is -0.293. The lowest BCUT2D eigenvalue weighted by Crippen LogP contribution is -2.17. The number of nitrogens with one attached hydrogen (secondary N) is 1. The van der Waals surface area contributed by atoms with Crippen molar-refractivity contribution >= 4 is 5.91 Å². The van der Waals surface area contributed by atoms with Crippen molar-refractivity contribution in [3.63, 3.8) is 0 Å². The highest BCUT2D eigenvalue weighted by Crippen LogP contribution is 2.25. The smallest absolute Gasteiger partial charge is 0.243 e. The zero-order valence-corrected chi connectivity index (χ0v) is 11.2. The molecule has 1 fully saturated rings. The maximum Gasteiger partial charge on any atom is 0.243 e. The van der Waals surface area contributed by atoms with Crippen molar-refractivity contribution in [1.82, 2.24) is 5.48 Å². The van der Waals surface area contributed by atoms with Gasteiger partial charge in [-0.1, -0.05) is 24.8 Å². The fraction of sp³-hybridized carbons (Fsp3) is 0.786. The molecule has 0 aromatic rings. The predicted octanol–water partition coefficient (Wildman–Crippen LogP) is 3.01. The molecule has 1 rings (SSSR count). The molecule has 0 saturated heterocycles. The highest BCUT2D eigenvalue weighted by atomic mass is 16.5. The standard InChI is InChI=1S/C14H26N2O2/c15-13(12-8-4-3-5-9-12)10-6-1-2-7-11-14(17)16-18/h18H,1-11,15H2,(H,16,17). The predicted molar refractivity (Wildman–Crippen MR) is 71.9 cm³/mol. The molecule has 0 radical (unpaired) electrons. The highest BCUT2D eigenvalue weighted by Gasteiger charge is 2.08. The molecular formula is C14H26N2O2. The molecule has 104 valence electrons. The van der Waals surface area contributed by atoms with Crippen molar-refractivity contribution < 1.29 is 10.0 Å². The van der Waals surface area contributed by atoms with Gasteiger partial charge in [0.05, 0.1) is 0 Å². The summed E-state index contributed by atoms with van der Waals surface area (Å²) in [4.78, 5) is 10.8. The van der Waals surface area contributed by atoms with Crippen LogP contribution in [0, 0.1) is 0 Å². The van der Waals surface area contributed by atoms with Crippen LogP contribution in [0.3, 0.4) is 0 Å². The van der Waals surface area contributed by atoms with E-state index in [0.717, 1.165) is 37.8 Å². The Hall–Kier alpha value is -1.03. The van der Waals surface area contributed by atoms with Crippen LogP contribution < -0.4 is 11.2 Å². The number of rotatable bonds is 7. The van der Waals surface area contributed by atoms with Crippen LogP contribution in [0.4, 0.5) is 0 Å². The Balaban J connectivity index is 2.05. The average molecular weight is 254 g/mol. The largest absolute Gasteiger partial charge is 0.402 e. The van der Waals surface area contributed by atoms with Gasteiger partial charge in [-0.05, 0) is 44.9 Å². The van der Waals surface area contributed by atoms with E-state index in [-0.39, 0.29) is 5.91 Å². The monoisotopic (exact) mass is 254 g/mol. The van der Waals surface area contributed by atoms with Crippen LogP contribution in [0.1, 0.15) is 70.6 Å². The number of nitrogens with two attached hydrogens (primary N) is 1. The molecule has 1 saturated carbocycles. The van der Waals surface area contributed by atoms with Crippen molar-refractivity contribution in [2.24, 2.45) is 5.73 Å². The van der Waals surface area contributed by atoms with Crippen LogP contribution in [-0.2, 0) is 4.79 Å². The number of carbonyl (C=O) groups excluding carboxylic acids is 1. The Kier molecular flexibility index (Phi) is 7.49. The number of unbranched alkanes of at least 4 members (excludes halogenated alkanes) is 3. The maximum absolute atomic E-state index is 10.8. The van der Waals surface area contributed by atoms with E-state index >= 15 is 0 Å². The summed E-state index contributed by atoms with van der Waals surface area (Å²) in [6.45, 7) is 0. The van der Waals surface area contributed by atoms with Crippen LogP contribution >= 0.6 is 0 Å². The van der Waals surface area contributed by atoms with Crippen molar-refractivity contribution in [1.29, 1.82) is 0 Å². The number of carbonyl (C=O) groups is 1. The van der Waals surface area contributed by atoms with Gasteiger partial charge in [0.15, 0.2) is 0 Å². The van der Waals surface area contributed by atoms with Crippen molar-refractivity contribution in [2.45, 2.75) is 70.6 Å². The molecular weight excluding hydrogens is 228 g/mol. The lowest BCUT2D eigenvalue weighted by atomic mass is 9.92. The third-order valence-electron chi connectivity index (χ3n) is 3.64.